The average Bonchev–Trinajstić information content (AvgIpc) is 3.32. The summed E-state index contributed by atoms with van der Waals surface area (Å²) in [5.74, 6) is 0.755. The Kier molecular flexibility index (Phi) is 5.11. The van der Waals surface area contributed by atoms with Crippen molar-refractivity contribution in [1.82, 2.24) is 19.9 Å². The van der Waals surface area contributed by atoms with Crippen LogP contribution in [0.3, 0.4) is 0 Å². The van der Waals surface area contributed by atoms with Gasteiger partial charge in [0.25, 0.3) is 0 Å². The fraction of sp³-hybridized carbons (Fsp3) is 0.333. The van der Waals surface area contributed by atoms with Gasteiger partial charge in [-0.15, -0.1) is 11.3 Å². The van der Waals surface area contributed by atoms with Gasteiger partial charge in [0.2, 0.25) is 0 Å². The van der Waals surface area contributed by atoms with E-state index in [1.54, 1.807) is 29.6 Å². The van der Waals surface area contributed by atoms with Crippen LogP contribution in [-0.4, -0.2) is 45.6 Å². The molecule has 8 nitrogen and oxygen atoms in total. The summed E-state index contributed by atoms with van der Waals surface area (Å²) in [7, 11) is 1.74. The minimum Gasteiger partial charge on any atom is -0.446 e. The molecule has 10 heteroatoms. The number of nitrogens with zero attached hydrogens (tertiary/aromatic N) is 3. The van der Waals surface area contributed by atoms with Gasteiger partial charge in [0.15, 0.2) is 0 Å². The van der Waals surface area contributed by atoms with Crippen LogP contribution in [-0.2, 0) is 17.6 Å². The zero-order chi connectivity index (χ0) is 21.5. The lowest BCUT2D eigenvalue weighted by molar-refractivity contribution is 0.0644. The third-order valence-electron chi connectivity index (χ3n) is 5.54. The zero-order valence-electron chi connectivity index (χ0n) is 17.1. The number of thiophene rings is 1. The van der Waals surface area contributed by atoms with Crippen LogP contribution in [0.25, 0.3) is 20.4 Å². The van der Waals surface area contributed by atoms with Crippen LogP contribution in [0.4, 0.5) is 16.3 Å². The molecule has 1 atom stereocenters. The predicted molar refractivity (Wildman–Crippen MR) is 124 cm³/mol. The van der Waals surface area contributed by atoms with Crippen molar-refractivity contribution in [3.63, 3.8) is 0 Å². The van der Waals surface area contributed by atoms with Gasteiger partial charge in [-0.1, -0.05) is 11.3 Å². The highest BCUT2D eigenvalue weighted by atomic mass is 32.1. The van der Waals surface area contributed by atoms with Crippen LogP contribution in [0.15, 0.2) is 29.3 Å². The number of fused-ring (bicyclic) bond motifs is 4. The Morgan fingerprint density at radius 1 is 1.35 bits per heavy atom. The summed E-state index contributed by atoms with van der Waals surface area (Å²) in [5, 5.41) is 4.43. The Morgan fingerprint density at radius 3 is 3.06 bits per heavy atom. The summed E-state index contributed by atoms with van der Waals surface area (Å²) in [5.41, 5.74) is 2.93. The highest BCUT2D eigenvalue weighted by Gasteiger charge is 2.28. The van der Waals surface area contributed by atoms with Gasteiger partial charge >= 0.3 is 11.0 Å². The molecule has 0 spiro atoms. The van der Waals surface area contributed by atoms with Gasteiger partial charge in [0.05, 0.1) is 15.6 Å². The number of aromatic nitrogens is 3. The van der Waals surface area contributed by atoms with Gasteiger partial charge < -0.3 is 19.9 Å². The number of aryl methyl sites for hydroxylation is 1. The van der Waals surface area contributed by atoms with Crippen molar-refractivity contribution >= 4 is 60.7 Å². The van der Waals surface area contributed by atoms with Gasteiger partial charge in [-0.05, 0) is 43.5 Å². The van der Waals surface area contributed by atoms with Gasteiger partial charge in [0, 0.05) is 30.6 Å². The second kappa shape index (κ2) is 7.93. The summed E-state index contributed by atoms with van der Waals surface area (Å²) < 4.78 is 6.58. The number of aromatic amines is 1. The quantitative estimate of drug-likeness (QED) is 0.476. The van der Waals surface area contributed by atoms with Gasteiger partial charge in [-0.3, -0.25) is 4.79 Å². The number of carbonyl (C=O) groups is 1. The number of H-pyrrole nitrogens is 1. The van der Waals surface area contributed by atoms with E-state index in [9.17, 15) is 9.59 Å². The second-order valence-corrected chi connectivity index (χ2v) is 9.62. The maximum absolute atomic E-state index is 12.1. The molecule has 1 amide bonds. The molecule has 3 aromatic heterocycles. The summed E-state index contributed by atoms with van der Waals surface area (Å²) in [6, 6.07) is 5.77. The second-order valence-electron chi connectivity index (χ2n) is 7.52. The summed E-state index contributed by atoms with van der Waals surface area (Å²) >= 11 is 2.82. The monoisotopic (exact) mass is 455 g/mol. The molecule has 0 bridgehead atoms. The van der Waals surface area contributed by atoms with E-state index in [4.69, 9.17) is 4.74 Å². The lowest BCUT2D eigenvalue weighted by Crippen LogP contribution is -2.33. The molecule has 0 aliphatic heterocycles. The predicted octanol–water partition coefficient (Wildman–Crippen LogP) is 4.28. The summed E-state index contributed by atoms with van der Waals surface area (Å²) in [6.45, 7) is 2.54. The first-order chi connectivity index (χ1) is 15.0. The number of nitrogens with one attached hydrogen (secondary N) is 2. The number of carbonyl (C=O) groups excluding carboxylic acids is 1. The smallest absolute Gasteiger partial charge is 0.409 e. The standard InChI is InChI=1S/C21H21N5O3S2/c1-3-26(2)21(28)29-12-5-6-13-15(9-12)30-19-17(13)18(22-10-23-19)24-11-4-7-14-16(8-11)31-20(27)25-14/h4,7-8,10,12H,3,5-6,9H2,1-2H3,(H,25,27)(H,22,23,24). The number of hydrogen-bond acceptors (Lipinski definition) is 8. The molecule has 4 aromatic rings. The molecular weight excluding hydrogens is 434 g/mol. The molecule has 31 heavy (non-hydrogen) atoms. The van der Waals surface area contributed by atoms with E-state index in [-0.39, 0.29) is 17.1 Å². The molecule has 1 unspecified atom stereocenters. The van der Waals surface area contributed by atoms with E-state index in [0.717, 1.165) is 44.8 Å². The fourth-order valence-corrected chi connectivity index (χ4v) is 5.82. The van der Waals surface area contributed by atoms with E-state index < -0.39 is 0 Å². The molecule has 3 heterocycles. The Hall–Kier alpha value is -2.98. The third-order valence-corrected chi connectivity index (χ3v) is 7.54. The van der Waals surface area contributed by atoms with E-state index in [1.807, 2.05) is 25.1 Å². The first-order valence-corrected chi connectivity index (χ1v) is 11.7. The zero-order valence-corrected chi connectivity index (χ0v) is 18.7. The normalized spacial score (nSPS) is 15.7. The van der Waals surface area contributed by atoms with Crippen molar-refractivity contribution < 1.29 is 9.53 Å². The Bertz CT molecular complexity index is 1340. The molecule has 0 radical (unpaired) electrons. The average molecular weight is 456 g/mol. The molecule has 0 fully saturated rings. The molecule has 0 saturated carbocycles. The van der Waals surface area contributed by atoms with Crippen molar-refractivity contribution in [1.29, 1.82) is 0 Å². The number of thiazole rings is 1. The van der Waals surface area contributed by atoms with Crippen LogP contribution in [0.2, 0.25) is 0 Å². The molecular formula is C21H21N5O3S2. The summed E-state index contributed by atoms with van der Waals surface area (Å²) in [6.07, 6.45) is 3.45. The number of hydrogen-bond donors (Lipinski definition) is 2. The van der Waals surface area contributed by atoms with Crippen molar-refractivity contribution in [2.24, 2.45) is 0 Å². The van der Waals surface area contributed by atoms with E-state index >= 15 is 0 Å². The fourth-order valence-electron chi connectivity index (χ4n) is 3.80. The minimum atomic E-state index is -0.276. The molecule has 1 aliphatic rings. The number of ether oxygens (including phenoxy) is 1. The Morgan fingerprint density at radius 2 is 2.23 bits per heavy atom. The van der Waals surface area contributed by atoms with Crippen molar-refractivity contribution in [3.8, 4) is 0 Å². The summed E-state index contributed by atoms with van der Waals surface area (Å²) in [4.78, 5) is 39.1. The Labute approximate surface area is 185 Å². The lowest BCUT2D eigenvalue weighted by atomic mass is 9.94. The highest BCUT2D eigenvalue weighted by molar-refractivity contribution is 7.19. The molecule has 2 N–H and O–H groups in total. The molecule has 1 aliphatic carbocycles. The number of amides is 1. The first kappa shape index (κ1) is 20.0. The largest absolute Gasteiger partial charge is 0.446 e. The van der Waals surface area contributed by atoms with Gasteiger partial charge in [-0.25, -0.2) is 14.8 Å². The number of anilines is 2. The van der Waals surface area contributed by atoms with E-state index in [1.165, 1.54) is 21.8 Å². The van der Waals surface area contributed by atoms with Crippen molar-refractivity contribution in [2.75, 3.05) is 18.9 Å². The van der Waals surface area contributed by atoms with Gasteiger partial charge in [-0.2, -0.15) is 0 Å². The molecule has 160 valence electrons. The molecule has 1 aromatic carbocycles. The molecule has 0 saturated heterocycles. The van der Waals surface area contributed by atoms with E-state index in [2.05, 4.69) is 20.3 Å². The van der Waals surface area contributed by atoms with Gasteiger partial charge in [0.1, 0.15) is 23.1 Å². The maximum atomic E-state index is 12.1. The lowest BCUT2D eigenvalue weighted by Gasteiger charge is -2.25. The minimum absolute atomic E-state index is 0.0659. The van der Waals surface area contributed by atoms with Crippen LogP contribution < -0.4 is 10.2 Å². The number of benzene rings is 1. The topological polar surface area (TPSA) is 100 Å². The highest BCUT2D eigenvalue weighted by Crippen LogP contribution is 2.39. The van der Waals surface area contributed by atoms with Crippen molar-refractivity contribution in [3.05, 3.63) is 44.6 Å². The van der Waals surface area contributed by atoms with Crippen LogP contribution in [0.5, 0.6) is 0 Å². The number of rotatable bonds is 4. The van der Waals surface area contributed by atoms with E-state index in [0.29, 0.717) is 13.0 Å². The third kappa shape index (κ3) is 3.77. The van der Waals surface area contributed by atoms with Crippen LogP contribution in [0, 0.1) is 0 Å². The SMILES string of the molecule is CCN(C)C(=O)OC1CCc2c(sc3ncnc(Nc4ccc5[nH]c(=O)sc5c4)c23)C1. The van der Waals surface area contributed by atoms with Crippen molar-refractivity contribution in [2.45, 2.75) is 32.3 Å². The maximum Gasteiger partial charge on any atom is 0.409 e. The van der Waals surface area contributed by atoms with Crippen LogP contribution in [0.1, 0.15) is 23.8 Å². The van der Waals surface area contributed by atoms with Crippen LogP contribution >= 0.6 is 22.7 Å². The molecule has 5 rings (SSSR count). The first-order valence-electron chi connectivity index (χ1n) is 10.1. The Balaban J connectivity index is 1.43.